The van der Waals surface area contributed by atoms with E-state index in [1.807, 2.05) is 0 Å². The third-order valence-corrected chi connectivity index (χ3v) is 3.54. The van der Waals surface area contributed by atoms with Crippen LogP contribution in [0.5, 0.6) is 0 Å². The van der Waals surface area contributed by atoms with E-state index in [4.69, 9.17) is 10.5 Å². The molecule has 1 fully saturated rings. The van der Waals surface area contributed by atoms with Gasteiger partial charge in [0, 0.05) is 0 Å². The predicted octanol–water partition coefficient (Wildman–Crippen LogP) is -1.75. The van der Waals surface area contributed by atoms with Crippen LogP contribution in [0.2, 0.25) is 0 Å². The summed E-state index contributed by atoms with van der Waals surface area (Å²) in [6.07, 6.45) is 0.864. The minimum atomic E-state index is -0.827. The number of nitrogens with zero attached hydrogens (tertiary/aromatic N) is 4. The SMILES string of the molecule is CN[C@@H]1[C@@H](O)[C@@H](CO)O[C@H]1n1cnc2c(N)ncnc21. The zero-order chi connectivity index (χ0) is 14.3. The monoisotopic (exact) mass is 280 g/mol. The summed E-state index contributed by atoms with van der Waals surface area (Å²) < 4.78 is 7.35. The van der Waals surface area contributed by atoms with Crippen LogP contribution >= 0.6 is 0 Å². The highest BCUT2D eigenvalue weighted by Crippen LogP contribution is 2.31. The summed E-state index contributed by atoms with van der Waals surface area (Å²) in [6.45, 7) is -0.264. The lowest BCUT2D eigenvalue weighted by molar-refractivity contribution is -0.0440. The summed E-state index contributed by atoms with van der Waals surface area (Å²) in [7, 11) is 1.71. The molecule has 0 amide bonds. The number of nitrogens with two attached hydrogens (primary N) is 1. The quantitative estimate of drug-likeness (QED) is 0.520. The summed E-state index contributed by atoms with van der Waals surface area (Å²) in [5.41, 5.74) is 6.74. The van der Waals surface area contributed by atoms with Crippen LogP contribution < -0.4 is 11.1 Å². The van der Waals surface area contributed by atoms with Crippen LogP contribution in [0.15, 0.2) is 12.7 Å². The van der Waals surface area contributed by atoms with E-state index in [9.17, 15) is 10.2 Å². The first-order chi connectivity index (χ1) is 9.67. The van der Waals surface area contributed by atoms with E-state index in [0.29, 0.717) is 11.2 Å². The lowest BCUT2D eigenvalue weighted by Crippen LogP contribution is -2.42. The maximum absolute atomic E-state index is 10.1. The van der Waals surface area contributed by atoms with E-state index in [1.165, 1.54) is 12.7 Å². The third kappa shape index (κ3) is 1.83. The van der Waals surface area contributed by atoms with Crippen molar-refractivity contribution in [3.8, 4) is 0 Å². The van der Waals surface area contributed by atoms with Crippen LogP contribution in [0.25, 0.3) is 11.2 Å². The molecule has 0 unspecified atom stereocenters. The Morgan fingerprint density at radius 2 is 2.25 bits per heavy atom. The molecule has 3 heterocycles. The number of likely N-dealkylation sites (N-methyl/N-ethyl adjacent to an activating group) is 1. The fourth-order valence-corrected chi connectivity index (χ4v) is 2.50. The molecule has 1 aliphatic rings. The average Bonchev–Trinajstić information content (AvgIpc) is 3.00. The fourth-order valence-electron chi connectivity index (χ4n) is 2.50. The van der Waals surface area contributed by atoms with Crippen LogP contribution in [0.4, 0.5) is 5.82 Å². The first kappa shape index (κ1) is 13.2. The predicted molar refractivity (Wildman–Crippen MR) is 69.6 cm³/mol. The summed E-state index contributed by atoms with van der Waals surface area (Å²) in [6, 6.07) is -0.388. The molecule has 2 aromatic rings. The molecule has 1 aliphatic heterocycles. The lowest BCUT2D eigenvalue weighted by Gasteiger charge is -2.20. The molecule has 0 aliphatic carbocycles. The number of anilines is 1. The second kappa shape index (κ2) is 4.94. The van der Waals surface area contributed by atoms with Crippen LogP contribution in [0, 0.1) is 0 Å². The number of fused-ring (bicyclic) bond motifs is 1. The van der Waals surface area contributed by atoms with Gasteiger partial charge in [-0.25, -0.2) is 15.0 Å². The number of nitrogens with one attached hydrogen (secondary N) is 1. The molecule has 0 spiro atoms. The molecule has 108 valence electrons. The third-order valence-electron chi connectivity index (χ3n) is 3.54. The Hall–Kier alpha value is -1.81. The molecular formula is C11H16N6O3. The number of aliphatic hydroxyl groups is 2. The number of imidazole rings is 1. The second-order valence-corrected chi connectivity index (χ2v) is 4.64. The average molecular weight is 280 g/mol. The van der Waals surface area contributed by atoms with Crippen LogP contribution in [0.3, 0.4) is 0 Å². The highest BCUT2D eigenvalue weighted by atomic mass is 16.5. The van der Waals surface area contributed by atoms with Crippen LogP contribution in [0.1, 0.15) is 6.23 Å². The molecule has 1 saturated heterocycles. The van der Waals surface area contributed by atoms with Gasteiger partial charge in [0.15, 0.2) is 17.7 Å². The Kier molecular flexibility index (Phi) is 3.26. The van der Waals surface area contributed by atoms with Crippen LogP contribution in [-0.4, -0.2) is 61.6 Å². The fraction of sp³-hybridized carbons (Fsp3) is 0.545. The van der Waals surface area contributed by atoms with Gasteiger partial charge in [0.2, 0.25) is 0 Å². The molecule has 0 bridgehead atoms. The number of ether oxygens (including phenoxy) is 1. The van der Waals surface area contributed by atoms with Gasteiger partial charge in [0.05, 0.1) is 19.0 Å². The first-order valence-electron chi connectivity index (χ1n) is 6.22. The Morgan fingerprint density at radius 1 is 1.45 bits per heavy atom. The highest BCUT2D eigenvalue weighted by Gasteiger charge is 2.44. The van der Waals surface area contributed by atoms with Gasteiger partial charge >= 0.3 is 0 Å². The van der Waals surface area contributed by atoms with E-state index in [1.54, 1.807) is 11.6 Å². The molecule has 20 heavy (non-hydrogen) atoms. The summed E-state index contributed by atoms with van der Waals surface area (Å²) in [4.78, 5) is 12.2. The van der Waals surface area contributed by atoms with Gasteiger partial charge in [0.25, 0.3) is 0 Å². The molecular weight excluding hydrogens is 264 g/mol. The molecule has 5 N–H and O–H groups in total. The van der Waals surface area contributed by atoms with Gasteiger partial charge in [0.1, 0.15) is 24.1 Å². The maximum Gasteiger partial charge on any atom is 0.167 e. The number of aromatic nitrogens is 4. The first-order valence-corrected chi connectivity index (χ1v) is 6.22. The summed E-state index contributed by atoms with van der Waals surface area (Å²) >= 11 is 0. The number of hydrogen-bond acceptors (Lipinski definition) is 8. The largest absolute Gasteiger partial charge is 0.394 e. The van der Waals surface area contributed by atoms with Crippen molar-refractivity contribution in [2.45, 2.75) is 24.5 Å². The topological polar surface area (TPSA) is 131 Å². The van der Waals surface area contributed by atoms with E-state index in [-0.39, 0.29) is 18.5 Å². The van der Waals surface area contributed by atoms with Crippen molar-refractivity contribution >= 4 is 17.0 Å². The molecule has 9 heteroatoms. The zero-order valence-corrected chi connectivity index (χ0v) is 10.8. The van der Waals surface area contributed by atoms with Crippen molar-refractivity contribution in [3.63, 3.8) is 0 Å². The number of aliphatic hydroxyl groups excluding tert-OH is 2. The van der Waals surface area contributed by atoms with Gasteiger partial charge in [-0.3, -0.25) is 4.57 Å². The van der Waals surface area contributed by atoms with Crippen molar-refractivity contribution in [1.82, 2.24) is 24.8 Å². The summed E-state index contributed by atoms with van der Waals surface area (Å²) in [5, 5.41) is 22.3. The van der Waals surface area contributed by atoms with Gasteiger partial charge in [-0.2, -0.15) is 0 Å². The molecule has 2 aromatic heterocycles. The lowest BCUT2D eigenvalue weighted by atomic mass is 10.1. The van der Waals surface area contributed by atoms with E-state index in [0.717, 1.165) is 0 Å². The zero-order valence-electron chi connectivity index (χ0n) is 10.8. The molecule has 9 nitrogen and oxygen atoms in total. The molecule has 4 atom stereocenters. The smallest absolute Gasteiger partial charge is 0.167 e. The molecule has 0 aromatic carbocycles. The number of rotatable bonds is 3. The van der Waals surface area contributed by atoms with E-state index >= 15 is 0 Å². The van der Waals surface area contributed by atoms with Gasteiger partial charge < -0.3 is 26.0 Å². The van der Waals surface area contributed by atoms with Gasteiger partial charge in [-0.15, -0.1) is 0 Å². The Bertz CT molecular complexity index is 617. The minimum Gasteiger partial charge on any atom is -0.394 e. The Morgan fingerprint density at radius 3 is 2.95 bits per heavy atom. The number of hydrogen-bond donors (Lipinski definition) is 4. The minimum absolute atomic E-state index is 0.264. The van der Waals surface area contributed by atoms with Crippen molar-refractivity contribution in [3.05, 3.63) is 12.7 Å². The second-order valence-electron chi connectivity index (χ2n) is 4.64. The standard InChI is InChI=1S/C11H16N6O3/c1-13-6-8(19)5(2-18)20-11(6)17-4-16-7-9(12)14-3-15-10(7)17/h3-6,8,11,13,18-19H,2H2,1H3,(H2,12,14,15)/t5-,6-,8+,11-/m1/s1. The van der Waals surface area contributed by atoms with Gasteiger partial charge in [-0.05, 0) is 7.05 Å². The van der Waals surface area contributed by atoms with Gasteiger partial charge in [-0.1, -0.05) is 0 Å². The van der Waals surface area contributed by atoms with Crippen LogP contribution in [-0.2, 0) is 4.74 Å². The van der Waals surface area contributed by atoms with Crippen molar-refractivity contribution in [2.24, 2.45) is 0 Å². The Labute approximate surface area is 114 Å². The molecule has 3 rings (SSSR count). The van der Waals surface area contributed by atoms with Crippen molar-refractivity contribution < 1.29 is 14.9 Å². The summed E-state index contributed by atoms with van der Waals surface area (Å²) in [5.74, 6) is 0.284. The molecule has 0 radical (unpaired) electrons. The maximum atomic E-state index is 10.1. The normalized spacial score (nSPS) is 30.1. The number of nitrogen functional groups attached to an aromatic ring is 1. The van der Waals surface area contributed by atoms with Crippen molar-refractivity contribution in [2.75, 3.05) is 19.4 Å². The van der Waals surface area contributed by atoms with Crippen molar-refractivity contribution in [1.29, 1.82) is 0 Å². The Balaban J connectivity index is 2.04. The van der Waals surface area contributed by atoms with E-state index in [2.05, 4.69) is 20.3 Å². The highest BCUT2D eigenvalue weighted by molar-refractivity contribution is 5.81. The molecule has 0 saturated carbocycles. The van der Waals surface area contributed by atoms with E-state index < -0.39 is 18.4 Å².